The molecule has 0 aliphatic heterocycles. The van der Waals surface area contributed by atoms with Crippen LogP contribution in [0.2, 0.25) is 0 Å². The molecule has 0 saturated carbocycles. The lowest BCUT2D eigenvalue weighted by Crippen LogP contribution is -2.18. The SMILES string of the molecule is CC(C)(c1ccccc1)c1ccc(Oc2coc3cc(OCc4ccc(C(=O)O)o4)ccc3c2=O)cc1. The molecule has 0 unspecified atom stereocenters. The Hall–Kier alpha value is -4.78. The molecule has 2 heterocycles. The lowest BCUT2D eigenvalue weighted by Gasteiger charge is -2.26. The summed E-state index contributed by atoms with van der Waals surface area (Å²) in [5.74, 6) is 0.0930. The Morgan fingerprint density at radius 3 is 2.30 bits per heavy atom. The van der Waals surface area contributed by atoms with Crippen LogP contribution in [0.1, 0.15) is 41.3 Å². The third kappa shape index (κ3) is 4.97. The molecular weight excluding hydrogens is 472 g/mol. The molecule has 7 heteroatoms. The number of aromatic carboxylic acids is 1. The molecule has 1 N–H and O–H groups in total. The van der Waals surface area contributed by atoms with Gasteiger partial charge in [-0.1, -0.05) is 56.3 Å². The Kier molecular flexibility index (Phi) is 6.27. The van der Waals surface area contributed by atoms with Crippen LogP contribution in [-0.2, 0) is 12.0 Å². The van der Waals surface area contributed by atoms with Crippen molar-refractivity contribution in [3.8, 4) is 17.2 Å². The van der Waals surface area contributed by atoms with Gasteiger partial charge in [0.25, 0.3) is 0 Å². The summed E-state index contributed by atoms with van der Waals surface area (Å²) in [6.45, 7) is 4.35. The molecule has 0 amide bonds. The molecule has 0 spiro atoms. The monoisotopic (exact) mass is 496 g/mol. The van der Waals surface area contributed by atoms with Crippen LogP contribution in [0.15, 0.2) is 105 Å². The second-order valence-corrected chi connectivity index (χ2v) is 9.06. The van der Waals surface area contributed by atoms with Crippen LogP contribution < -0.4 is 14.9 Å². The van der Waals surface area contributed by atoms with Crippen LogP contribution in [0, 0.1) is 0 Å². The van der Waals surface area contributed by atoms with Crippen LogP contribution in [0.5, 0.6) is 17.2 Å². The first-order valence-electron chi connectivity index (χ1n) is 11.7. The summed E-state index contributed by atoms with van der Waals surface area (Å²) < 4.78 is 22.3. The molecule has 0 atom stereocenters. The van der Waals surface area contributed by atoms with Crippen molar-refractivity contribution in [2.24, 2.45) is 0 Å². The second kappa shape index (κ2) is 9.70. The Morgan fingerprint density at radius 2 is 1.59 bits per heavy atom. The van der Waals surface area contributed by atoms with Crippen molar-refractivity contribution in [1.29, 1.82) is 0 Å². The third-order valence-corrected chi connectivity index (χ3v) is 6.27. The van der Waals surface area contributed by atoms with E-state index in [9.17, 15) is 9.59 Å². The zero-order valence-electron chi connectivity index (χ0n) is 20.3. The number of hydrogen-bond acceptors (Lipinski definition) is 6. The Balaban J connectivity index is 1.30. The Morgan fingerprint density at radius 1 is 0.892 bits per heavy atom. The maximum Gasteiger partial charge on any atom is 0.371 e. The molecule has 2 aromatic heterocycles. The molecule has 186 valence electrons. The number of rotatable bonds is 8. The molecule has 7 nitrogen and oxygen atoms in total. The van der Waals surface area contributed by atoms with E-state index in [1.807, 2.05) is 42.5 Å². The van der Waals surface area contributed by atoms with Gasteiger partial charge < -0.3 is 23.4 Å². The highest BCUT2D eigenvalue weighted by Gasteiger charge is 2.23. The van der Waals surface area contributed by atoms with E-state index >= 15 is 0 Å². The van der Waals surface area contributed by atoms with Gasteiger partial charge in [-0.15, -0.1) is 0 Å². The van der Waals surface area contributed by atoms with Crippen molar-refractivity contribution >= 4 is 16.9 Å². The largest absolute Gasteiger partial charge is 0.486 e. The smallest absolute Gasteiger partial charge is 0.371 e. The molecule has 5 rings (SSSR count). The van der Waals surface area contributed by atoms with E-state index in [1.54, 1.807) is 18.2 Å². The normalized spacial score (nSPS) is 11.4. The maximum atomic E-state index is 13.0. The predicted molar refractivity (Wildman–Crippen MR) is 138 cm³/mol. The molecule has 0 bridgehead atoms. The highest BCUT2D eigenvalue weighted by atomic mass is 16.5. The molecule has 5 aromatic rings. The van der Waals surface area contributed by atoms with Gasteiger partial charge in [0.1, 0.15) is 35.7 Å². The number of carboxylic acids is 1. The summed E-state index contributed by atoms with van der Waals surface area (Å²) >= 11 is 0. The number of hydrogen-bond donors (Lipinski definition) is 1. The van der Waals surface area contributed by atoms with E-state index in [1.165, 1.54) is 24.0 Å². The van der Waals surface area contributed by atoms with E-state index in [0.717, 1.165) is 5.56 Å². The topological polar surface area (TPSA) is 99.1 Å². The van der Waals surface area contributed by atoms with E-state index in [2.05, 4.69) is 26.0 Å². The van der Waals surface area contributed by atoms with Gasteiger partial charge in [0.15, 0.2) is 0 Å². The summed E-state index contributed by atoms with van der Waals surface area (Å²) in [4.78, 5) is 23.9. The number of fused-ring (bicyclic) bond motifs is 1. The predicted octanol–water partition coefficient (Wildman–Crippen LogP) is 6.78. The van der Waals surface area contributed by atoms with Crippen LogP contribution in [0.4, 0.5) is 0 Å². The minimum atomic E-state index is -1.15. The highest BCUT2D eigenvalue weighted by Crippen LogP contribution is 2.33. The molecule has 3 aromatic carbocycles. The van der Waals surface area contributed by atoms with E-state index in [0.29, 0.717) is 28.2 Å². The van der Waals surface area contributed by atoms with Gasteiger partial charge in [-0.05, 0) is 47.5 Å². The van der Waals surface area contributed by atoms with Gasteiger partial charge in [0, 0.05) is 11.5 Å². The summed E-state index contributed by atoms with van der Waals surface area (Å²) in [7, 11) is 0. The van der Waals surface area contributed by atoms with Crippen molar-refractivity contribution in [2.45, 2.75) is 25.9 Å². The van der Waals surface area contributed by atoms with Crippen molar-refractivity contribution in [1.82, 2.24) is 0 Å². The zero-order valence-corrected chi connectivity index (χ0v) is 20.3. The lowest BCUT2D eigenvalue weighted by molar-refractivity contribution is 0.0658. The summed E-state index contributed by atoms with van der Waals surface area (Å²) in [5, 5.41) is 9.29. The third-order valence-electron chi connectivity index (χ3n) is 6.27. The first-order valence-corrected chi connectivity index (χ1v) is 11.7. The zero-order chi connectivity index (χ0) is 26.0. The molecule has 0 aliphatic carbocycles. The van der Waals surface area contributed by atoms with Gasteiger partial charge in [-0.3, -0.25) is 4.79 Å². The first kappa shape index (κ1) is 23.9. The fraction of sp³-hybridized carbons (Fsp3) is 0.133. The number of ether oxygens (including phenoxy) is 2. The minimum absolute atomic E-state index is 0.0291. The first-order chi connectivity index (χ1) is 17.8. The number of benzene rings is 3. The quantitative estimate of drug-likeness (QED) is 0.253. The van der Waals surface area contributed by atoms with Crippen LogP contribution >= 0.6 is 0 Å². The number of carboxylic acid groups (broad SMARTS) is 1. The molecule has 0 aliphatic rings. The van der Waals surface area contributed by atoms with E-state index in [-0.39, 0.29) is 29.0 Å². The molecule has 0 radical (unpaired) electrons. The molecule has 37 heavy (non-hydrogen) atoms. The van der Waals surface area contributed by atoms with Gasteiger partial charge in [0.05, 0.1) is 5.39 Å². The highest BCUT2D eigenvalue weighted by molar-refractivity contribution is 5.84. The summed E-state index contributed by atoms with van der Waals surface area (Å²) in [6, 6.07) is 25.6. The van der Waals surface area contributed by atoms with Crippen molar-refractivity contribution in [3.63, 3.8) is 0 Å². The number of carbonyl (C=O) groups is 1. The Bertz CT molecular complexity index is 1610. The summed E-state index contributed by atoms with van der Waals surface area (Å²) in [5.41, 5.74) is 2.17. The van der Waals surface area contributed by atoms with Gasteiger partial charge in [-0.2, -0.15) is 0 Å². The fourth-order valence-corrected chi connectivity index (χ4v) is 4.06. The van der Waals surface area contributed by atoms with E-state index < -0.39 is 5.97 Å². The van der Waals surface area contributed by atoms with Crippen molar-refractivity contribution in [3.05, 3.63) is 124 Å². The standard InChI is InChI=1S/C30H24O7/c1-30(2,19-6-4-3-5-7-19)20-8-10-21(11-9-20)36-27-18-35-26-16-22(12-14-24(26)28(27)31)34-17-23-13-15-25(37-23)29(32)33/h3-16,18H,17H2,1-2H3,(H,32,33). The average Bonchev–Trinajstić information content (AvgIpc) is 3.40. The molecule has 0 saturated heterocycles. The molecule has 0 fully saturated rings. The van der Waals surface area contributed by atoms with Crippen molar-refractivity contribution < 1.29 is 28.2 Å². The van der Waals surface area contributed by atoms with Crippen LogP contribution in [-0.4, -0.2) is 11.1 Å². The van der Waals surface area contributed by atoms with E-state index in [4.69, 9.17) is 23.4 Å². The summed E-state index contributed by atoms with van der Waals surface area (Å²) in [6.07, 6.45) is 1.28. The lowest BCUT2D eigenvalue weighted by atomic mass is 9.78. The van der Waals surface area contributed by atoms with Crippen molar-refractivity contribution in [2.75, 3.05) is 0 Å². The van der Waals surface area contributed by atoms with Gasteiger partial charge in [0.2, 0.25) is 16.9 Å². The van der Waals surface area contributed by atoms with Crippen LogP contribution in [0.3, 0.4) is 0 Å². The molecular formula is C30H24O7. The maximum absolute atomic E-state index is 13.0. The van der Waals surface area contributed by atoms with Crippen LogP contribution in [0.25, 0.3) is 11.0 Å². The minimum Gasteiger partial charge on any atom is -0.486 e. The number of furan rings is 1. The average molecular weight is 497 g/mol. The van der Waals surface area contributed by atoms with Gasteiger partial charge in [-0.25, -0.2) is 4.79 Å². The second-order valence-electron chi connectivity index (χ2n) is 9.06. The van der Waals surface area contributed by atoms with Gasteiger partial charge >= 0.3 is 5.97 Å². The fourth-order valence-electron chi connectivity index (χ4n) is 4.06. The Labute approximate surface area is 212 Å².